The van der Waals surface area contributed by atoms with E-state index in [-0.39, 0.29) is 11.6 Å². The van der Waals surface area contributed by atoms with E-state index >= 15 is 0 Å². The lowest BCUT2D eigenvalue weighted by Crippen LogP contribution is -2.33. The first-order valence-corrected chi connectivity index (χ1v) is 6.07. The normalized spacial score (nSPS) is 18.0. The monoisotopic (exact) mass is 228 g/mol. The molecule has 0 spiro atoms. The Morgan fingerprint density at radius 3 is 2.50 bits per heavy atom. The average Bonchev–Trinajstić information content (AvgIpc) is 2.80. The van der Waals surface area contributed by atoms with Crippen LogP contribution in [0.25, 0.3) is 0 Å². The van der Waals surface area contributed by atoms with Crippen LogP contribution < -0.4 is 11.1 Å². The predicted octanol–water partition coefficient (Wildman–Crippen LogP) is 2.17. The largest absolute Gasteiger partial charge is 0.444 e. The number of alkyl carbamates (subject to hydrolysis) is 1. The lowest BCUT2D eigenvalue weighted by Gasteiger charge is -2.19. The molecule has 3 N–H and O–H groups in total. The minimum absolute atomic E-state index is 0.131. The average molecular weight is 228 g/mol. The van der Waals surface area contributed by atoms with E-state index in [4.69, 9.17) is 10.5 Å². The van der Waals surface area contributed by atoms with Crippen LogP contribution >= 0.6 is 0 Å². The maximum Gasteiger partial charge on any atom is 0.407 e. The van der Waals surface area contributed by atoms with Gasteiger partial charge in [0, 0.05) is 12.1 Å². The summed E-state index contributed by atoms with van der Waals surface area (Å²) < 4.78 is 5.12. The second kappa shape index (κ2) is 5.04. The Balaban J connectivity index is 1.96. The summed E-state index contributed by atoms with van der Waals surface area (Å²) in [7, 11) is 0. The highest BCUT2D eigenvalue weighted by Gasteiger charge is 2.36. The third-order valence-corrected chi connectivity index (χ3v) is 2.66. The number of hydrogen-bond acceptors (Lipinski definition) is 3. The standard InChI is InChI=1S/C12H24N2O2/c1-11(2,3)16-10(15)14-9-5-4-6-12(13)7-8-12/h4-9,13H2,1-3H3,(H,14,15). The van der Waals surface area contributed by atoms with Gasteiger partial charge in [-0.15, -0.1) is 0 Å². The van der Waals surface area contributed by atoms with Crippen LogP contribution in [0.15, 0.2) is 0 Å². The number of ether oxygens (including phenoxy) is 1. The van der Waals surface area contributed by atoms with Crippen LogP contribution in [0.3, 0.4) is 0 Å². The second-order valence-electron chi connectivity index (χ2n) is 5.75. The smallest absolute Gasteiger partial charge is 0.407 e. The van der Waals surface area contributed by atoms with Crippen molar-refractivity contribution in [3.63, 3.8) is 0 Å². The second-order valence-corrected chi connectivity index (χ2v) is 5.75. The Hall–Kier alpha value is -0.770. The third kappa shape index (κ3) is 5.95. The molecule has 0 radical (unpaired) electrons. The van der Waals surface area contributed by atoms with Gasteiger partial charge in [0.05, 0.1) is 0 Å². The lowest BCUT2D eigenvalue weighted by molar-refractivity contribution is 0.0527. The minimum atomic E-state index is -0.417. The van der Waals surface area contributed by atoms with Gasteiger partial charge in [0.1, 0.15) is 5.60 Å². The summed E-state index contributed by atoms with van der Waals surface area (Å²) in [5, 5.41) is 2.74. The Morgan fingerprint density at radius 2 is 2.00 bits per heavy atom. The Labute approximate surface area is 97.9 Å². The van der Waals surface area contributed by atoms with E-state index in [2.05, 4.69) is 5.32 Å². The van der Waals surface area contributed by atoms with Crippen LogP contribution in [0.4, 0.5) is 4.79 Å². The molecule has 0 aromatic rings. The quantitative estimate of drug-likeness (QED) is 0.709. The van der Waals surface area contributed by atoms with Gasteiger partial charge in [-0.3, -0.25) is 0 Å². The van der Waals surface area contributed by atoms with Crippen molar-refractivity contribution in [1.29, 1.82) is 0 Å². The molecule has 1 amide bonds. The van der Waals surface area contributed by atoms with Crippen molar-refractivity contribution in [2.24, 2.45) is 5.73 Å². The van der Waals surface area contributed by atoms with E-state index in [0.717, 1.165) is 32.1 Å². The zero-order valence-corrected chi connectivity index (χ0v) is 10.6. The van der Waals surface area contributed by atoms with E-state index in [1.807, 2.05) is 20.8 Å². The van der Waals surface area contributed by atoms with Gasteiger partial charge in [-0.25, -0.2) is 4.79 Å². The van der Waals surface area contributed by atoms with Crippen LogP contribution in [0, 0.1) is 0 Å². The van der Waals surface area contributed by atoms with Gasteiger partial charge >= 0.3 is 6.09 Å². The lowest BCUT2D eigenvalue weighted by atomic mass is 10.1. The maximum absolute atomic E-state index is 11.3. The highest BCUT2D eigenvalue weighted by atomic mass is 16.6. The summed E-state index contributed by atoms with van der Waals surface area (Å²) in [5.74, 6) is 0. The highest BCUT2D eigenvalue weighted by molar-refractivity contribution is 5.67. The molecule has 0 aromatic carbocycles. The number of carbonyl (C=O) groups excluding carboxylic acids is 1. The van der Waals surface area contributed by atoms with Crippen molar-refractivity contribution in [1.82, 2.24) is 5.32 Å². The molecule has 1 saturated carbocycles. The zero-order valence-electron chi connectivity index (χ0n) is 10.6. The molecular weight excluding hydrogens is 204 g/mol. The fourth-order valence-corrected chi connectivity index (χ4v) is 1.52. The summed E-state index contributed by atoms with van der Waals surface area (Å²) in [6, 6.07) is 0. The molecule has 4 nitrogen and oxygen atoms in total. The van der Waals surface area contributed by atoms with Gasteiger partial charge in [0.2, 0.25) is 0 Å². The van der Waals surface area contributed by atoms with Crippen molar-refractivity contribution in [3.05, 3.63) is 0 Å². The number of rotatable bonds is 5. The molecule has 1 aliphatic rings. The first-order valence-electron chi connectivity index (χ1n) is 6.07. The first kappa shape index (κ1) is 13.3. The minimum Gasteiger partial charge on any atom is -0.444 e. The van der Waals surface area contributed by atoms with Crippen molar-refractivity contribution in [3.8, 4) is 0 Å². The zero-order chi connectivity index (χ0) is 12.2. The molecule has 94 valence electrons. The number of nitrogens with two attached hydrogens (primary N) is 1. The van der Waals surface area contributed by atoms with Crippen molar-refractivity contribution >= 4 is 6.09 Å². The molecule has 0 saturated heterocycles. The molecule has 0 aromatic heterocycles. The predicted molar refractivity (Wildman–Crippen MR) is 64.2 cm³/mol. The fraction of sp³-hybridized carbons (Fsp3) is 0.917. The van der Waals surface area contributed by atoms with Crippen molar-refractivity contribution in [2.45, 2.75) is 64.0 Å². The number of carbonyl (C=O) groups is 1. The van der Waals surface area contributed by atoms with Crippen LogP contribution in [0.2, 0.25) is 0 Å². The topological polar surface area (TPSA) is 64.3 Å². The summed E-state index contributed by atoms with van der Waals surface area (Å²) in [6.45, 7) is 6.25. The van der Waals surface area contributed by atoms with E-state index in [1.165, 1.54) is 0 Å². The Bertz CT molecular complexity index is 242. The van der Waals surface area contributed by atoms with E-state index < -0.39 is 5.60 Å². The molecular formula is C12H24N2O2. The summed E-state index contributed by atoms with van der Waals surface area (Å²) in [6.07, 6.45) is 5.10. The molecule has 4 heteroatoms. The third-order valence-electron chi connectivity index (χ3n) is 2.66. The first-order chi connectivity index (χ1) is 7.31. The Kier molecular flexibility index (Phi) is 4.19. The molecule has 0 heterocycles. The molecule has 0 atom stereocenters. The maximum atomic E-state index is 11.3. The van der Waals surface area contributed by atoms with Crippen LogP contribution in [0.5, 0.6) is 0 Å². The number of unbranched alkanes of at least 4 members (excludes halogenated alkanes) is 1. The SMILES string of the molecule is CC(C)(C)OC(=O)NCCCCC1(N)CC1. The van der Waals surface area contributed by atoms with Gasteiger partial charge in [-0.2, -0.15) is 0 Å². The van der Waals surface area contributed by atoms with E-state index in [0.29, 0.717) is 6.54 Å². The summed E-state index contributed by atoms with van der Waals surface area (Å²) >= 11 is 0. The Morgan fingerprint density at radius 1 is 1.38 bits per heavy atom. The number of nitrogens with one attached hydrogen (secondary N) is 1. The fourth-order valence-electron chi connectivity index (χ4n) is 1.52. The summed E-state index contributed by atoms with van der Waals surface area (Å²) in [4.78, 5) is 11.3. The number of amides is 1. The van der Waals surface area contributed by atoms with Gasteiger partial charge in [-0.05, 0) is 52.9 Å². The van der Waals surface area contributed by atoms with E-state index in [1.54, 1.807) is 0 Å². The highest BCUT2D eigenvalue weighted by Crippen LogP contribution is 2.36. The van der Waals surface area contributed by atoms with Crippen LogP contribution in [-0.4, -0.2) is 23.8 Å². The van der Waals surface area contributed by atoms with Crippen molar-refractivity contribution in [2.75, 3.05) is 6.54 Å². The molecule has 1 aliphatic carbocycles. The molecule has 0 bridgehead atoms. The van der Waals surface area contributed by atoms with E-state index in [9.17, 15) is 4.79 Å². The van der Waals surface area contributed by atoms with Gasteiger partial charge < -0.3 is 15.8 Å². The molecule has 0 aliphatic heterocycles. The van der Waals surface area contributed by atoms with Crippen molar-refractivity contribution < 1.29 is 9.53 Å². The molecule has 1 rings (SSSR count). The van der Waals surface area contributed by atoms with Crippen LogP contribution in [-0.2, 0) is 4.74 Å². The summed E-state index contributed by atoms with van der Waals surface area (Å²) in [5.41, 5.74) is 5.67. The van der Waals surface area contributed by atoms with Gasteiger partial charge in [0.15, 0.2) is 0 Å². The number of hydrogen-bond donors (Lipinski definition) is 2. The van der Waals surface area contributed by atoms with Gasteiger partial charge in [-0.1, -0.05) is 0 Å². The molecule has 1 fully saturated rings. The van der Waals surface area contributed by atoms with Crippen LogP contribution in [0.1, 0.15) is 52.9 Å². The molecule has 16 heavy (non-hydrogen) atoms. The molecule has 0 unspecified atom stereocenters. The van der Waals surface area contributed by atoms with Gasteiger partial charge in [0.25, 0.3) is 0 Å².